The van der Waals surface area contributed by atoms with Gasteiger partial charge in [-0.1, -0.05) is 17.3 Å². The van der Waals surface area contributed by atoms with Crippen LogP contribution in [-0.4, -0.2) is 18.1 Å². The summed E-state index contributed by atoms with van der Waals surface area (Å²) >= 11 is 0. The van der Waals surface area contributed by atoms with Gasteiger partial charge in [0, 0.05) is 5.39 Å². The number of aromatic nitrogens is 1. The van der Waals surface area contributed by atoms with Crippen LogP contribution in [0.5, 0.6) is 0 Å². The molecule has 0 fully saturated rings. The number of hydrogen-bond donors (Lipinski definition) is 1. The Kier molecular flexibility index (Phi) is 3.91. The number of para-hydroxylation sites is 1. The summed E-state index contributed by atoms with van der Waals surface area (Å²) in [5.41, 5.74) is 0.731. The Bertz CT molecular complexity index is 563. The van der Waals surface area contributed by atoms with E-state index in [4.69, 9.17) is 9.08 Å². The Morgan fingerprint density at radius 2 is 2.00 bits per heavy atom. The van der Waals surface area contributed by atoms with Crippen molar-refractivity contribution in [3.63, 3.8) is 0 Å². The van der Waals surface area contributed by atoms with Crippen LogP contribution in [0.25, 0.3) is 11.0 Å². The monoisotopic (exact) mass is 236 g/mol. The quantitative estimate of drug-likeness (QED) is 0.492. The maximum Gasteiger partial charge on any atom is 1.00 e. The summed E-state index contributed by atoms with van der Waals surface area (Å²) in [5, 5.41) is 4.17. The van der Waals surface area contributed by atoms with Gasteiger partial charge in [0.2, 0.25) is 0 Å². The van der Waals surface area contributed by atoms with E-state index >= 15 is 0 Å². The standard InChI is InChI=1S/C8H7NO4S.Na/c10-14(11,12)5-7-6-3-1-2-4-8(6)13-9-7;/h1-4H,5H2,(H,10,11,12);/q;+1. The maximum absolute atomic E-state index is 10.6. The number of rotatable bonds is 2. The van der Waals surface area contributed by atoms with Crippen LogP contribution in [0.1, 0.15) is 5.69 Å². The minimum atomic E-state index is -4.06. The first-order valence-corrected chi connectivity index (χ1v) is 5.45. The largest absolute Gasteiger partial charge is 1.00 e. The third kappa shape index (κ3) is 3.02. The van der Waals surface area contributed by atoms with E-state index in [0.717, 1.165) is 0 Å². The van der Waals surface area contributed by atoms with Gasteiger partial charge in [-0.05, 0) is 12.1 Å². The molecule has 0 amide bonds. The Morgan fingerprint density at radius 3 is 2.67 bits per heavy atom. The Hall–Kier alpha value is -0.400. The zero-order valence-corrected chi connectivity index (χ0v) is 10.9. The fourth-order valence-corrected chi connectivity index (χ4v) is 1.77. The van der Waals surface area contributed by atoms with Crippen LogP contribution in [0, 0.1) is 0 Å². The SMILES string of the molecule is O=S(=O)(O)Cc1noc2ccccc12.[Na+]. The molecular weight excluding hydrogens is 229 g/mol. The molecule has 74 valence electrons. The van der Waals surface area contributed by atoms with Gasteiger partial charge < -0.3 is 4.52 Å². The number of fused-ring (bicyclic) bond motifs is 1. The third-order valence-electron chi connectivity index (χ3n) is 1.77. The van der Waals surface area contributed by atoms with Crippen molar-refractivity contribution in [1.82, 2.24) is 5.16 Å². The molecule has 1 aromatic carbocycles. The van der Waals surface area contributed by atoms with Gasteiger partial charge in [-0.25, -0.2) is 0 Å². The van der Waals surface area contributed by atoms with Crippen LogP contribution in [0.2, 0.25) is 0 Å². The minimum absolute atomic E-state index is 0. The first-order valence-electron chi connectivity index (χ1n) is 3.85. The molecule has 7 heteroatoms. The molecule has 0 saturated heterocycles. The molecule has 1 aromatic heterocycles. The summed E-state index contributed by atoms with van der Waals surface area (Å²) in [6, 6.07) is 6.86. The molecular formula is C8H7NNaO4S+. The van der Waals surface area contributed by atoms with Gasteiger partial charge in [0.25, 0.3) is 10.1 Å². The van der Waals surface area contributed by atoms with Gasteiger partial charge in [0.15, 0.2) is 5.58 Å². The number of hydrogen-bond acceptors (Lipinski definition) is 4. The smallest absolute Gasteiger partial charge is 0.356 e. The van der Waals surface area contributed by atoms with E-state index in [0.29, 0.717) is 11.0 Å². The van der Waals surface area contributed by atoms with E-state index in [1.54, 1.807) is 24.3 Å². The number of benzene rings is 1. The average Bonchev–Trinajstić information content (AvgIpc) is 2.47. The van der Waals surface area contributed by atoms with E-state index < -0.39 is 15.9 Å². The van der Waals surface area contributed by atoms with Gasteiger partial charge in [0.05, 0.1) is 0 Å². The zero-order valence-electron chi connectivity index (χ0n) is 8.04. The number of nitrogens with zero attached hydrogens (tertiary/aromatic N) is 1. The Labute approximate surface area is 108 Å². The van der Waals surface area contributed by atoms with Gasteiger partial charge in [-0.2, -0.15) is 8.42 Å². The van der Waals surface area contributed by atoms with Gasteiger partial charge in [-0.3, -0.25) is 4.55 Å². The second kappa shape index (κ2) is 4.63. The molecule has 1 N–H and O–H groups in total. The minimum Gasteiger partial charge on any atom is -0.356 e. The third-order valence-corrected chi connectivity index (χ3v) is 2.41. The van der Waals surface area contributed by atoms with Crippen molar-refractivity contribution in [2.45, 2.75) is 5.75 Å². The Morgan fingerprint density at radius 1 is 1.33 bits per heavy atom. The molecule has 2 aromatic rings. The topological polar surface area (TPSA) is 80.4 Å². The van der Waals surface area contributed by atoms with Crippen molar-refractivity contribution >= 4 is 21.1 Å². The van der Waals surface area contributed by atoms with Crippen molar-refractivity contribution in [1.29, 1.82) is 0 Å². The predicted molar refractivity (Wildman–Crippen MR) is 49.3 cm³/mol. The fraction of sp³-hybridized carbons (Fsp3) is 0.125. The van der Waals surface area contributed by atoms with Crippen molar-refractivity contribution in [3.8, 4) is 0 Å². The molecule has 0 aliphatic rings. The van der Waals surface area contributed by atoms with Crippen molar-refractivity contribution in [2.75, 3.05) is 0 Å². The normalized spacial score (nSPS) is 11.3. The molecule has 0 bridgehead atoms. The van der Waals surface area contributed by atoms with Crippen LogP contribution in [0.15, 0.2) is 28.8 Å². The summed E-state index contributed by atoms with van der Waals surface area (Å²) in [7, 11) is -4.06. The van der Waals surface area contributed by atoms with Crippen LogP contribution in [-0.2, 0) is 15.9 Å². The fourth-order valence-electron chi connectivity index (χ4n) is 1.21. The van der Waals surface area contributed by atoms with E-state index in [1.807, 2.05) is 0 Å². The predicted octanol–water partition coefficient (Wildman–Crippen LogP) is -1.78. The van der Waals surface area contributed by atoms with Crippen LogP contribution in [0.3, 0.4) is 0 Å². The zero-order chi connectivity index (χ0) is 10.2. The molecule has 0 aliphatic carbocycles. The van der Waals surface area contributed by atoms with E-state index in [9.17, 15) is 8.42 Å². The summed E-state index contributed by atoms with van der Waals surface area (Å²) < 4.78 is 34.7. The molecule has 5 nitrogen and oxygen atoms in total. The van der Waals surface area contributed by atoms with E-state index in [-0.39, 0.29) is 35.3 Å². The second-order valence-electron chi connectivity index (χ2n) is 2.85. The molecule has 0 radical (unpaired) electrons. The molecule has 0 saturated carbocycles. The second-order valence-corrected chi connectivity index (χ2v) is 4.30. The van der Waals surface area contributed by atoms with Gasteiger partial charge in [0.1, 0.15) is 11.4 Å². The Balaban J connectivity index is 0.00000112. The molecule has 0 spiro atoms. The molecule has 2 rings (SSSR count). The first-order chi connectivity index (χ1) is 6.56. The van der Waals surface area contributed by atoms with Crippen LogP contribution < -0.4 is 29.6 Å². The average molecular weight is 236 g/mol. The van der Waals surface area contributed by atoms with Crippen molar-refractivity contribution < 1.29 is 47.1 Å². The van der Waals surface area contributed by atoms with E-state index in [2.05, 4.69) is 5.16 Å². The maximum atomic E-state index is 10.6. The van der Waals surface area contributed by atoms with Crippen molar-refractivity contribution in [3.05, 3.63) is 30.0 Å². The van der Waals surface area contributed by atoms with Crippen molar-refractivity contribution in [2.24, 2.45) is 0 Å². The van der Waals surface area contributed by atoms with E-state index in [1.165, 1.54) is 0 Å². The first kappa shape index (κ1) is 12.7. The molecule has 0 aliphatic heterocycles. The summed E-state index contributed by atoms with van der Waals surface area (Å²) in [6.45, 7) is 0. The van der Waals surface area contributed by atoms with Crippen LogP contribution >= 0.6 is 0 Å². The molecule has 0 unspecified atom stereocenters. The molecule has 15 heavy (non-hydrogen) atoms. The molecule has 0 atom stereocenters. The summed E-state index contributed by atoms with van der Waals surface area (Å²) in [5.74, 6) is -0.524. The van der Waals surface area contributed by atoms with Gasteiger partial charge >= 0.3 is 29.6 Å². The molecule has 1 heterocycles. The van der Waals surface area contributed by atoms with Gasteiger partial charge in [-0.15, -0.1) is 0 Å². The van der Waals surface area contributed by atoms with Crippen LogP contribution in [0.4, 0.5) is 0 Å². The summed E-state index contributed by atoms with van der Waals surface area (Å²) in [6.07, 6.45) is 0. The summed E-state index contributed by atoms with van der Waals surface area (Å²) in [4.78, 5) is 0.